The summed E-state index contributed by atoms with van der Waals surface area (Å²) in [5, 5.41) is 0. The Hall–Kier alpha value is -2.16. The van der Waals surface area contributed by atoms with Gasteiger partial charge in [0, 0.05) is 11.3 Å². The third-order valence-corrected chi connectivity index (χ3v) is 3.19. The van der Waals surface area contributed by atoms with Crippen molar-refractivity contribution in [1.82, 2.24) is 0 Å². The number of methoxy groups -OCH3 is 1. The second-order valence-corrected chi connectivity index (χ2v) is 4.56. The molecular weight excluding hydrogens is 238 g/mol. The highest BCUT2D eigenvalue weighted by Gasteiger charge is 2.07. The van der Waals surface area contributed by atoms with Gasteiger partial charge in [-0.25, -0.2) is 0 Å². The molecule has 0 unspecified atom stereocenters. The zero-order valence-electron chi connectivity index (χ0n) is 11.6. The quantitative estimate of drug-likeness (QED) is 0.853. The lowest BCUT2D eigenvalue weighted by molar-refractivity contribution is 0.302. The van der Waals surface area contributed by atoms with Crippen LogP contribution in [0, 0.1) is 13.8 Å². The van der Waals surface area contributed by atoms with Crippen LogP contribution in [0.5, 0.6) is 11.5 Å². The van der Waals surface area contributed by atoms with Crippen LogP contribution in [0.1, 0.15) is 16.7 Å². The molecule has 0 aromatic heterocycles. The van der Waals surface area contributed by atoms with Crippen LogP contribution in [0.2, 0.25) is 0 Å². The number of hydrogen-bond donors (Lipinski definition) is 1. The molecular formula is C16H19NO2. The summed E-state index contributed by atoms with van der Waals surface area (Å²) in [4.78, 5) is 0. The second-order valence-electron chi connectivity index (χ2n) is 4.56. The van der Waals surface area contributed by atoms with E-state index in [4.69, 9.17) is 15.2 Å². The molecule has 0 aliphatic heterocycles. The maximum atomic E-state index is 5.90. The van der Waals surface area contributed by atoms with Crippen LogP contribution in [0.15, 0.2) is 36.4 Å². The van der Waals surface area contributed by atoms with Gasteiger partial charge in [0.1, 0.15) is 18.1 Å². The zero-order valence-corrected chi connectivity index (χ0v) is 11.6. The summed E-state index contributed by atoms with van der Waals surface area (Å²) in [5.74, 6) is 1.72. The minimum Gasteiger partial charge on any atom is -0.497 e. The molecule has 2 rings (SSSR count). The van der Waals surface area contributed by atoms with Crippen LogP contribution >= 0.6 is 0 Å². The highest BCUT2D eigenvalue weighted by molar-refractivity contribution is 5.56. The first-order valence-electron chi connectivity index (χ1n) is 6.23. The van der Waals surface area contributed by atoms with Crippen LogP contribution in [0.3, 0.4) is 0 Å². The fourth-order valence-corrected chi connectivity index (χ4v) is 1.94. The number of aryl methyl sites for hydroxylation is 1. The van der Waals surface area contributed by atoms with Crippen molar-refractivity contribution in [2.24, 2.45) is 0 Å². The molecule has 0 bridgehead atoms. The van der Waals surface area contributed by atoms with Crippen LogP contribution < -0.4 is 15.2 Å². The molecule has 0 aliphatic carbocycles. The van der Waals surface area contributed by atoms with E-state index in [-0.39, 0.29) is 0 Å². The number of benzene rings is 2. The average Bonchev–Trinajstić information content (AvgIpc) is 2.44. The number of hydrogen-bond acceptors (Lipinski definition) is 3. The Balaban J connectivity index is 2.12. The van der Waals surface area contributed by atoms with E-state index in [1.807, 2.05) is 50.2 Å². The predicted octanol–water partition coefficient (Wildman–Crippen LogP) is 3.47. The molecule has 0 heterocycles. The van der Waals surface area contributed by atoms with E-state index in [2.05, 4.69) is 0 Å². The van der Waals surface area contributed by atoms with Crippen molar-refractivity contribution < 1.29 is 9.47 Å². The van der Waals surface area contributed by atoms with Gasteiger partial charge in [-0.3, -0.25) is 0 Å². The van der Waals surface area contributed by atoms with Crippen molar-refractivity contribution in [2.75, 3.05) is 12.8 Å². The SMILES string of the molecule is COc1ccc(COc2c(C)ccc(N)c2C)cc1. The van der Waals surface area contributed by atoms with E-state index in [0.29, 0.717) is 6.61 Å². The van der Waals surface area contributed by atoms with Gasteiger partial charge in [-0.1, -0.05) is 18.2 Å². The molecule has 0 aliphatic rings. The minimum atomic E-state index is 0.523. The van der Waals surface area contributed by atoms with Crippen molar-refractivity contribution in [1.29, 1.82) is 0 Å². The van der Waals surface area contributed by atoms with Crippen LogP contribution in [-0.2, 0) is 6.61 Å². The summed E-state index contributed by atoms with van der Waals surface area (Å²) in [6.45, 7) is 4.52. The number of rotatable bonds is 4. The first kappa shape index (κ1) is 13.3. The van der Waals surface area contributed by atoms with Crippen LogP contribution in [0.4, 0.5) is 5.69 Å². The van der Waals surface area contributed by atoms with Crippen molar-refractivity contribution in [3.8, 4) is 11.5 Å². The van der Waals surface area contributed by atoms with Crippen molar-refractivity contribution >= 4 is 5.69 Å². The molecule has 0 saturated heterocycles. The molecule has 2 N–H and O–H groups in total. The topological polar surface area (TPSA) is 44.5 Å². The van der Waals surface area contributed by atoms with Gasteiger partial charge in [0.25, 0.3) is 0 Å². The fourth-order valence-electron chi connectivity index (χ4n) is 1.94. The van der Waals surface area contributed by atoms with Gasteiger partial charge in [0.2, 0.25) is 0 Å². The first-order chi connectivity index (χ1) is 9.11. The number of nitrogen functional groups attached to an aromatic ring is 1. The minimum absolute atomic E-state index is 0.523. The van der Waals surface area contributed by atoms with E-state index in [1.165, 1.54) is 0 Å². The molecule has 0 saturated carbocycles. The van der Waals surface area contributed by atoms with Crippen LogP contribution in [-0.4, -0.2) is 7.11 Å². The van der Waals surface area contributed by atoms with Gasteiger partial charge >= 0.3 is 0 Å². The summed E-state index contributed by atoms with van der Waals surface area (Å²) in [6, 6.07) is 11.7. The maximum Gasteiger partial charge on any atom is 0.127 e. The summed E-state index contributed by atoms with van der Waals surface area (Å²) in [7, 11) is 1.66. The lowest BCUT2D eigenvalue weighted by Crippen LogP contribution is -2.01. The average molecular weight is 257 g/mol. The number of ether oxygens (including phenoxy) is 2. The van der Waals surface area contributed by atoms with Gasteiger partial charge in [-0.05, 0) is 43.2 Å². The Morgan fingerprint density at radius 3 is 2.32 bits per heavy atom. The van der Waals surface area contributed by atoms with Gasteiger partial charge in [0.05, 0.1) is 7.11 Å². The van der Waals surface area contributed by atoms with Crippen molar-refractivity contribution in [3.05, 3.63) is 53.1 Å². The molecule has 0 atom stereocenters. The summed E-state index contributed by atoms with van der Waals surface area (Å²) in [6.07, 6.45) is 0. The molecule has 100 valence electrons. The number of anilines is 1. The number of nitrogens with two attached hydrogens (primary N) is 1. The van der Waals surface area contributed by atoms with E-state index in [0.717, 1.165) is 33.9 Å². The van der Waals surface area contributed by atoms with Crippen molar-refractivity contribution in [3.63, 3.8) is 0 Å². The molecule has 0 fully saturated rings. The van der Waals surface area contributed by atoms with Gasteiger partial charge in [0.15, 0.2) is 0 Å². The molecule has 0 radical (unpaired) electrons. The summed E-state index contributed by atoms with van der Waals surface area (Å²) in [5.41, 5.74) is 9.85. The Kier molecular flexibility index (Phi) is 3.95. The highest BCUT2D eigenvalue weighted by atomic mass is 16.5. The Morgan fingerprint density at radius 1 is 1.00 bits per heavy atom. The van der Waals surface area contributed by atoms with E-state index in [1.54, 1.807) is 7.11 Å². The first-order valence-corrected chi connectivity index (χ1v) is 6.23. The van der Waals surface area contributed by atoms with Crippen LogP contribution in [0.25, 0.3) is 0 Å². The lowest BCUT2D eigenvalue weighted by atomic mass is 10.1. The highest BCUT2D eigenvalue weighted by Crippen LogP contribution is 2.28. The Bertz CT molecular complexity index is 562. The van der Waals surface area contributed by atoms with Gasteiger partial charge in [-0.15, -0.1) is 0 Å². The zero-order chi connectivity index (χ0) is 13.8. The molecule has 0 amide bonds. The Morgan fingerprint density at radius 2 is 1.68 bits per heavy atom. The monoisotopic (exact) mass is 257 g/mol. The molecule has 2 aromatic rings. The molecule has 3 heteroatoms. The lowest BCUT2D eigenvalue weighted by Gasteiger charge is -2.14. The molecule has 0 spiro atoms. The predicted molar refractivity (Wildman–Crippen MR) is 77.7 cm³/mol. The summed E-state index contributed by atoms with van der Waals surface area (Å²) >= 11 is 0. The third kappa shape index (κ3) is 2.99. The van der Waals surface area contributed by atoms with E-state index >= 15 is 0 Å². The molecule has 2 aromatic carbocycles. The largest absolute Gasteiger partial charge is 0.497 e. The van der Waals surface area contributed by atoms with Gasteiger partial charge < -0.3 is 15.2 Å². The second kappa shape index (κ2) is 5.65. The fraction of sp³-hybridized carbons (Fsp3) is 0.250. The standard InChI is InChI=1S/C16H19NO2/c1-11-4-9-15(17)12(2)16(11)19-10-13-5-7-14(18-3)8-6-13/h4-9H,10,17H2,1-3H3. The summed E-state index contributed by atoms with van der Waals surface area (Å²) < 4.78 is 11.0. The molecule has 19 heavy (non-hydrogen) atoms. The van der Waals surface area contributed by atoms with Gasteiger partial charge in [-0.2, -0.15) is 0 Å². The maximum absolute atomic E-state index is 5.90. The smallest absolute Gasteiger partial charge is 0.127 e. The van der Waals surface area contributed by atoms with E-state index in [9.17, 15) is 0 Å². The van der Waals surface area contributed by atoms with Crippen molar-refractivity contribution in [2.45, 2.75) is 20.5 Å². The third-order valence-electron chi connectivity index (χ3n) is 3.19. The normalized spacial score (nSPS) is 10.3. The van der Waals surface area contributed by atoms with E-state index < -0.39 is 0 Å². The molecule has 3 nitrogen and oxygen atoms in total. The Labute approximate surface area is 114 Å².